The molecule has 4 heteroatoms. The molecular weight excluding hydrogens is 257 g/mol. The van der Waals surface area contributed by atoms with Crippen molar-refractivity contribution in [2.75, 3.05) is 0 Å². The second kappa shape index (κ2) is 5.29. The van der Waals surface area contributed by atoms with Crippen LogP contribution in [0.25, 0.3) is 0 Å². The molecule has 1 aliphatic heterocycles. The molecule has 3 nitrogen and oxygen atoms in total. The van der Waals surface area contributed by atoms with Crippen molar-refractivity contribution >= 4 is 0 Å². The number of hydrogen-bond donors (Lipinski definition) is 1. The Morgan fingerprint density at radius 1 is 1.45 bits per heavy atom. The average molecular weight is 275 g/mol. The van der Waals surface area contributed by atoms with E-state index in [1.165, 1.54) is 12.1 Å². The maximum atomic E-state index is 13.2. The molecule has 3 rings (SSSR count). The van der Waals surface area contributed by atoms with Crippen LogP contribution in [0.4, 0.5) is 4.39 Å². The highest BCUT2D eigenvalue weighted by atomic mass is 19.1. The third kappa shape index (κ3) is 2.56. The van der Waals surface area contributed by atoms with E-state index in [0.29, 0.717) is 13.0 Å². The van der Waals surface area contributed by atoms with Crippen molar-refractivity contribution in [3.8, 4) is 5.75 Å². The molecule has 106 valence electrons. The van der Waals surface area contributed by atoms with Crippen LogP contribution in [0, 0.1) is 5.82 Å². The first-order valence-corrected chi connectivity index (χ1v) is 6.94. The standard InChI is InChI=1S/C16H18FNO2/c1-2-15(19)11-5-6-18(9-11)10-14-8-12-7-13(17)3-4-16(12)20-14/h3-7,9,14-15,19H,2,8,10H2,1H3. The molecule has 0 amide bonds. The first kappa shape index (κ1) is 13.2. The highest BCUT2D eigenvalue weighted by Crippen LogP contribution is 2.30. The maximum absolute atomic E-state index is 13.2. The molecule has 20 heavy (non-hydrogen) atoms. The highest BCUT2D eigenvalue weighted by molar-refractivity contribution is 5.37. The largest absolute Gasteiger partial charge is 0.488 e. The molecule has 0 radical (unpaired) electrons. The molecule has 2 heterocycles. The molecule has 1 N–H and O–H groups in total. The Labute approximate surface area is 117 Å². The number of aromatic nitrogens is 1. The van der Waals surface area contributed by atoms with E-state index < -0.39 is 6.10 Å². The van der Waals surface area contributed by atoms with Crippen LogP contribution in [0.1, 0.15) is 30.6 Å². The monoisotopic (exact) mass is 275 g/mol. The lowest BCUT2D eigenvalue weighted by Crippen LogP contribution is -2.19. The third-order valence-electron chi connectivity index (χ3n) is 3.72. The molecular formula is C16H18FNO2. The van der Waals surface area contributed by atoms with Gasteiger partial charge in [0.25, 0.3) is 0 Å². The number of aliphatic hydroxyl groups is 1. The predicted molar refractivity (Wildman–Crippen MR) is 74.2 cm³/mol. The Balaban J connectivity index is 1.67. The first-order chi connectivity index (χ1) is 9.65. The second-order valence-corrected chi connectivity index (χ2v) is 5.26. The van der Waals surface area contributed by atoms with Crippen LogP contribution in [0.5, 0.6) is 5.75 Å². The second-order valence-electron chi connectivity index (χ2n) is 5.26. The lowest BCUT2D eigenvalue weighted by Gasteiger charge is -2.11. The van der Waals surface area contributed by atoms with Gasteiger partial charge in [-0.25, -0.2) is 4.39 Å². The van der Waals surface area contributed by atoms with Gasteiger partial charge in [-0.1, -0.05) is 6.92 Å². The van der Waals surface area contributed by atoms with Crippen molar-refractivity contribution in [3.63, 3.8) is 0 Å². The summed E-state index contributed by atoms with van der Waals surface area (Å²) >= 11 is 0. The van der Waals surface area contributed by atoms with Crippen LogP contribution < -0.4 is 4.74 Å². The number of nitrogens with zero attached hydrogens (tertiary/aromatic N) is 1. The number of benzene rings is 1. The Hall–Kier alpha value is -1.81. The molecule has 1 aromatic heterocycles. The summed E-state index contributed by atoms with van der Waals surface area (Å²) in [5.41, 5.74) is 1.85. The minimum atomic E-state index is -0.410. The van der Waals surface area contributed by atoms with Gasteiger partial charge in [0.1, 0.15) is 17.7 Å². The fourth-order valence-corrected chi connectivity index (χ4v) is 2.63. The van der Waals surface area contributed by atoms with Crippen molar-refractivity contribution in [1.29, 1.82) is 0 Å². The molecule has 1 aliphatic rings. The quantitative estimate of drug-likeness (QED) is 0.930. The minimum Gasteiger partial charge on any atom is -0.488 e. The van der Waals surface area contributed by atoms with Crippen LogP contribution in [0.15, 0.2) is 36.7 Å². The van der Waals surface area contributed by atoms with Crippen LogP contribution in [-0.4, -0.2) is 15.8 Å². The van der Waals surface area contributed by atoms with E-state index in [1.54, 1.807) is 6.07 Å². The smallest absolute Gasteiger partial charge is 0.123 e. The van der Waals surface area contributed by atoms with Crippen LogP contribution in [0.3, 0.4) is 0 Å². The highest BCUT2D eigenvalue weighted by Gasteiger charge is 2.23. The van der Waals surface area contributed by atoms with Gasteiger partial charge in [-0.15, -0.1) is 0 Å². The van der Waals surface area contributed by atoms with Crippen molar-refractivity contribution in [2.24, 2.45) is 0 Å². The van der Waals surface area contributed by atoms with Crippen LogP contribution in [0.2, 0.25) is 0 Å². The SMILES string of the molecule is CCC(O)c1ccn(CC2Cc3cc(F)ccc3O2)c1. The summed E-state index contributed by atoms with van der Waals surface area (Å²) in [6.07, 6.45) is 4.92. The van der Waals surface area contributed by atoms with Gasteiger partial charge in [0.2, 0.25) is 0 Å². The fraction of sp³-hybridized carbons (Fsp3) is 0.375. The summed E-state index contributed by atoms with van der Waals surface area (Å²) in [6.45, 7) is 2.65. The zero-order valence-electron chi connectivity index (χ0n) is 11.4. The van der Waals surface area contributed by atoms with Gasteiger partial charge in [0, 0.05) is 24.4 Å². The van der Waals surface area contributed by atoms with Crippen molar-refractivity contribution in [3.05, 3.63) is 53.6 Å². The van der Waals surface area contributed by atoms with E-state index in [2.05, 4.69) is 0 Å². The van der Waals surface area contributed by atoms with E-state index in [4.69, 9.17) is 4.74 Å². The Kier molecular flexibility index (Phi) is 3.49. The zero-order chi connectivity index (χ0) is 14.1. The van der Waals surface area contributed by atoms with Gasteiger partial charge in [-0.3, -0.25) is 0 Å². The van der Waals surface area contributed by atoms with E-state index in [9.17, 15) is 9.50 Å². The van der Waals surface area contributed by atoms with E-state index in [1.807, 2.05) is 30.0 Å². The maximum Gasteiger partial charge on any atom is 0.123 e. The zero-order valence-corrected chi connectivity index (χ0v) is 11.4. The minimum absolute atomic E-state index is 0.0193. The predicted octanol–water partition coefficient (Wildman–Crippen LogP) is 3.07. The molecule has 2 atom stereocenters. The molecule has 0 spiro atoms. The molecule has 0 aliphatic carbocycles. The Morgan fingerprint density at radius 2 is 2.30 bits per heavy atom. The van der Waals surface area contributed by atoms with Crippen LogP contribution in [-0.2, 0) is 13.0 Å². The molecule has 1 aromatic carbocycles. The average Bonchev–Trinajstić information content (AvgIpc) is 3.04. The summed E-state index contributed by atoms with van der Waals surface area (Å²) in [4.78, 5) is 0. The van der Waals surface area contributed by atoms with Gasteiger partial charge in [0.15, 0.2) is 0 Å². The number of aliphatic hydroxyl groups excluding tert-OH is 1. The summed E-state index contributed by atoms with van der Waals surface area (Å²) in [5.74, 6) is 0.555. The van der Waals surface area contributed by atoms with Gasteiger partial charge in [0.05, 0.1) is 12.6 Å². The number of ether oxygens (including phenoxy) is 1. The molecule has 0 fully saturated rings. The lowest BCUT2D eigenvalue weighted by molar-refractivity contribution is 0.173. The third-order valence-corrected chi connectivity index (χ3v) is 3.72. The van der Waals surface area contributed by atoms with Crippen molar-refractivity contribution < 1.29 is 14.2 Å². The number of hydrogen-bond acceptors (Lipinski definition) is 2. The summed E-state index contributed by atoms with van der Waals surface area (Å²) in [7, 11) is 0. The number of halogens is 1. The lowest BCUT2D eigenvalue weighted by atomic mass is 10.1. The Bertz CT molecular complexity index is 608. The molecule has 2 unspecified atom stereocenters. The van der Waals surface area contributed by atoms with E-state index in [-0.39, 0.29) is 11.9 Å². The normalized spacial score (nSPS) is 18.6. The summed E-state index contributed by atoms with van der Waals surface area (Å²) < 4.78 is 21.0. The molecule has 0 bridgehead atoms. The number of fused-ring (bicyclic) bond motifs is 1. The first-order valence-electron chi connectivity index (χ1n) is 6.94. The van der Waals surface area contributed by atoms with E-state index >= 15 is 0 Å². The topological polar surface area (TPSA) is 34.4 Å². The number of rotatable bonds is 4. The summed E-state index contributed by atoms with van der Waals surface area (Å²) in [5, 5.41) is 9.79. The molecule has 0 saturated carbocycles. The van der Waals surface area contributed by atoms with Gasteiger partial charge in [-0.05, 0) is 36.2 Å². The fourth-order valence-electron chi connectivity index (χ4n) is 2.63. The van der Waals surface area contributed by atoms with Crippen molar-refractivity contribution in [2.45, 2.75) is 38.5 Å². The van der Waals surface area contributed by atoms with Gasteiger partial charge in [-0.2, -0.15) is 0 Å². The van der Waals surface area contributed by atoms with Gasteiger partial charge < -0.3 is 14.4 Å². The van der Waals surface area contributed by atoms with Crippen LogP contribution >= 0.6 is 0 Å². The molecule has 2 aromatic rings. The molecule has 0 saturated heterocycles. The van der Waals surface area contributed by atoms with Crippen molar-refractivity contribution in [1.82, 2.24) is 4.57 Å². The Morgan fingerprint density at radius 3 is 3.10 bits per heavy atom. The summed E-state index contributed by atoms with van der Waals surface area (Å²) in [6, 6.07) is 6.58. The van der Waals surface area contributed by atoms with Gasteiger partial charge >= 0.3 is 0 Å². The van der Waals surface area contributed by atoms with E-state index in [0.717, 1.165) is 23.3 Å².